The molecule has 0 saturated carbocycles. The number of rotatable bonds is 7. The van der Waals surface area contributed by atoms with Gasteiger partial charge in [0.1, 0.15) is 11.5 Å². The Bertz CT molecular complexity index is 649. The summed E-state index contributed by atoms with van der Waals surface area (Å²) >= 11 is 0. The van der Waals surface area contributed by atoms with E-state index in [1.54, 1.807) is 7.11 Å². The third-order valence-corrected chi connectivity index (χ3v) is 3.86. The predicted molar refractivity (Wildman–Crippen MR) is 88.8 cm³/mol. The van der Waals surface area contributed by atoms with Crippen LogP contribution >= 0.6 is 0 Å². The van der Waals surface area contributed by atoms with E-state index in [-0.39, 0.29) is 6.79 Å². The van der Waals surface area contributed by atoms with Gasteiger partial charge in [-0.05, 0) is 30.2 Å². The van der Waals surface area contributed by atoms with Crippen molar-refractivity contribution in [2.24, 2.45) is 0 Å². The lowest BCUT2D eigenvalue weighted by molar-refractivity contribution is 0.173. The molecule has 0 atom stereocenters. The van der Waals surface area contributed by atoms with E-state index in [4.69, 9.17) is 18.9 Å². The van der Waals surface area contributed by atoms with E-state index in [1.165, 1.54) is 5.56 Å². The molecule has 1 aliphatic heterocycles. The molecule has 0 N–H and O–H groups in total. The molecule has 0 radical (unpaired) electrons. The van der Waals surface area contributed by atoms with Crippen molar-refractivity contribution in [2.75, 3.05) is 20.5 Å². The molecule has 0 bridgehead atoms. The van der Waals surface area contributed by atoms with Gasteiger partial charge < -0.3 is 18.9 Å². The maximum absolute atomic E-state index is 5.96. The Hall–Kier alpha value is -2.36. The summed E-state index contributed by atoms with van der Waals surface area (Å²) < 4.78 is 22.1. The highest BCUT2D eigenvalue weighted by molar-refractivity contribution is 5.53. The lowest BCUT2D eigenvalue weighted by Crippen LogP contribution is -2.01. The third kappa shape index (κ3) is 3.70. The summed E-state index contributed by atoms with van der Waals surface area (Å²) in [5.41, 5.74) is 2.31. The molecule has 1 heterocycles. The van der Waals surface area contributed by atoms with Gasteiger partial charge in [-0.2, -0.15) is 0 Å². The molecule has 2 aromatic rings. The molecule has 0 amide bonds. The molecule has 3 rings (SSSR count). The highest BCUT2D eigenvalue weighted by atomic mass is 16.7. The SMILES string of the molecule is CCCCOc1cc2c(cc1Cc1ccc(OC)cc1)OCO2. The normalized spacial score (nSPS) is 12.3. The van der Waals surface area contributed by atoms with Crippen LogP contribution < -0.4 is 18.9 Å². The zero-order valence-corrected chi connectivity index (χ0v) is 13.6. The van der Waals surface area contributed by atoms with Crippen LogP contribution in [0.3, 0.4) is 0 Å². The van der Waals surface area contributed by atoms with Gasteiger partial charge in [0.15, 0.2) is 11.5 Å². The number of ether oxygens (including phenoxy) is 4. The first kappa shape index (κ1) is 15.5. The summed E-state index contributed by atoms with van der Waals surface area (Å²) in [6.07, 6.45) is 2.93. The average molecular weight is 314 g/mol. The number of methoxy groups -OCH3 is 1. The lowest BCUT2D eigenvalue weighted by Gasteiger charge is -2.13. The van der Waals surface area contributed by atoms with Crippen LogP contribution in [0.15, 0.2) is 36.4 Å². The molecule has 2 aromatic carbocycles. The Balaban J connectivity index is 1.83. The largest absolute Gasteiger partial charge is 0.497 e. The van der Waals surface area contributed by atoms with E-state index in [9.17, 15) is 0 Å². The molecule has 0 aromatic heterocycles. The Labute approximate surface area is 136 Å². The standard InChI is InChI=1S/C19H22O4/c1-3-4-9-21-17-12-19-18(22-13-23-19)11-15(17)10-14-5-7-16(20-2)8-6-14/h5-8,11-12H,3-4,9-10,13H2,1-2H3. The molecule has 0 unspecified atom stereocenters. The summed E-state index contributed by atoms with van der Waals surface area (Å²) in [6.45, 7) is 3.14. The first-order valence-electron chi connectivity index (χ1n) is 7.98. The lowest BCUT2D eigenvalue weighted by atomic mass is 10.0. The molecular formula is C19H22O4. The van der Waals surface area contributed by atoms with Crippen LogP contribution in [0.2, 0.25) is 0 Å². The molecule has 0 aliphatic carbocycles. The van der Waals surface area contributed by atoms with E-state index in [2.05, 4.69) is 19.1 Å². The minimum Gasteiger partial charge on any atom is -0.497 e. The van der Waals surface area contributed by atoms with E-state index >= 15 is 0 Å². The van der Waals surface area contributed by atoms with Crippen molar-refractivity contribution in [2.45, 2.75) is 26.2 Å². The van der Waals surface area contributed by atoms with Crippen molar-refractivity contribution < 1.29 is 18.9 Å². The third-order valence-electron chi connectivity index (χ3n) is 3.86. The second-order valence-electron chi connectivity index (χ2n) is 5.54. The Morgan fingerprint density at radius 1 is 1.04 bits per heavy atom. The van der Waals surface area contributed by atoms with Crippen LogP contribution in [0.4, 0.5) is 0 Å². The van der Waals surface area contributed by atoms with Crippen LogP contribution in [0.1, 0.15) is 30.9 Å². The van der Waals surface area contributed by atoms with Crippen molar-refractivity contribution in [1.29, 1.82) is 0 Å². The molecule has 0 fully saturated rings. The quantitative estimate of drug-likeness (QED) is 0.718. The summed E-state index contributed by atoms with van der Waals surface area (Å²) in [5, 5.41) is 0. The summed E-state index contributed by atoms with van der Waals surface area (Å²) in [4.78, 5) is 0. The fourth-order valence-electron chi connectivity index (χ4n) is 2.53. The minimum absolute atomic E-state index is 0.274. The smallest absolute Gasteiger partial charge is 0.231 e. The van der Waals surface area contributed by atoms with E-state index in [1.807, 2.05) is 24.3 Å². The first-order chi connectivity index (χ1) is 11.3. The Morgan fingerprint density at radius 3 is 2.48 bits per heavy atom. The Kier molecular flexibility index (Phi) is 4.91. The van der Waals surface area contributed by atoms with Crippen molar-refractivity contribution in [3.63, 3.8) is 0 Å². The molecule has 0 spiro atoms. The molecule has 1 aliphatic rings. The van der Waals surface area contributed by atoms with Crippen LogP contribution in [0, 0.1) is 0 Å². The molecule has 4 heteroatoms. The van der Waals surface area contributed by atoms with Crippen molar-refractivity contribution >= 4 is 0 Å². The second-order valence-corrected chi connectivity index (χ2v) is 5.54. The molecular weight excluding hydrogens is 292 g/mol. The number of hydrogen-bond donors (Lipinski definition) is 0. The van der Waals surface area contributed by atoms with E-state index < -0.39 is 0 Å². The predicted octanol–water partition coefficient (Wildman–Crippen LogP) is 4.19. The average Bonchev–Trinajstić information content (AvgIpc) is 3.03. The van der Waals surface area contributed by atoms with Crippen LogP contribution in [-0.2, 0) is 6.42 Å². The topological polar surface area (TPSA) is 36.9 Å². The zero-order chi connectivity index (χ0) is 16.1. The first-order valence-corrected chi connectivity index (χ1v) is 7.98. The molecule has 4 nitrogen and oxygen atoms in total. The van der Waals surface area contributed by atoms with Crippen LogP contribution in [-0.4, -0.2) is 20.5 Å². The fourth-order valence-corrected chi connectivity index (χ4v) is 2.53. The van der Waals surface area contributed by atoms with Gasteiger partial charge in [0.05, 0.1) is 13.7 Å². The van der Waals surface area contributed by atoms with E-state index in [0.29, 0.717) is 6.61 Å². The van der Waals surface area contributed by atoms with Crippen LogP contribution in [0.5, 0.6) is 23.0 Å². The highest BCUT2D eigenvalue weighted by Crippen LogP contribution is 2.39. The van der Waals surface area contributed by atoms with Crippen molar-refractivity contribution in [3.05, 3.63) is 47.5 Å². The Morgan fingerprint density at radius 2 is 1.78 bits per heavy atom. The summed E-state index contributed by atoms with van der Waals surface area (Å²) in [5.74, 6) is 3.28. The number of benzene rings is 2. The number of fused-ring (bicyclic) bond motifs is 1. The van der Waals surface area contributed by atoms with Gasteiger partial charge in [0.25, 0.3) is 0 Å². The fraction of sp³-hybridized carbons (Fsp3) is 0.368. The van der Waals surface area contributed by atoms with Gasteiger partial charge in [-0.15, -0.1) is 0 Å². The van der Waals surface area contributed by atoms with Crippen molar-refractivity contribution in [1.82, 2.24) is 0 Å². The zero-order valence-electron chi connectivity index (χ0n) is 13.6. The number of hydrogen-bond acceptors (Lipinski definition) is 4. The molecule has 122 valence electrons. The van der Waals surface area contributed by atoms with Gasteiger partial charge in [0, 0.05) is 18.1 Å². The van der Waals surface area contributed by atoms with Gasteiger partial charge in [-0.3, -0.25) is 0 Å². The summed E-state index contributed by atoms with van der Waals surface area (Å²) in [6, 6.07) is 12.0. The number of unbranched alkanes of at least 4 members (excludes halogenated alkanes) is 1. The van der Waals surface area contributed by atoms with Gasteiger partial charge >= 0.3 is 0 Å². The molecule has 23 heavy (non-hydrogen) atoms. The van der Waals surface area contributed by atoms with E-state index in [0.717, 1.165) is 47.8 Å². The van der Waals surface area contributed by atoms with Crippen molar-refractivity contribution in [3.8, 4) is 23.0 Å². The summed E-state index contributed by atoms with van der Waals surface area (Å²) in [7, 11) is 1.67. The van der Waals surface area contributed by atoms with Gasteiger partial charge in [-0.25, -0.2) is 0 Å². The maximum Gasteiger partial charge on any atom is 0.231 e. The highest BCUT2D eigenvalue weighted by Gasteiger charge is 2.18. The minimum atomic E-state index is 0.274. The van der Waals surface area contributed by atoms with Gasteiger partial charge in [0.2, 0.25) is 6.79 Å². The van der Waals surface area contributed by atoms with Crippen LogP contribution in [0.25, 0.3) is 0 Å². The monoisotopic (exact) mass is 314 g/mol. The molecule has 0 saturated heterocycles. The maximum atomic E-state index is 5.96. The second kappa shape index (κ2) is 7.27. The van der Waals surface area contributed by atoms with Gasteiger partial charge in [-0.1, -0.05) is 25.5 Å².